The Kier molecular flexibility index (Phi) is 22.4. The summed E-state index contributed by atoms with van der Waals surface area (Å²) < 4.78 is 118. The first kappa shape index (κ1) is 73.1. The minimum Gasteiger partial charge on any atom is -0.368 e. The van der Waals surface area contributed by atoms with Crippen LogP contribution in [0.1, 0.15) is 72.1 Å². The van der Waals surface area contributed by atoms with Gasteiger partial charge in [0.15, 0.2) is 5.13 Å². The van der Waals surface area contributed by atoms with Crippen LogP contribution < -0.4 is 24.0 Å². The monoisotopic (exact) mass is 1540 g/mol. The van der Waals surface area contributed by atoms with Gasteiger partial charge in [-0.1, -0.05) is 47.5 Å². The van der Waals surface area contributed by atoms with Gasteiger partial charge in [-0.15, -0.1) is 11.3 Å². The van der Waals surface area contributed by atoms with E-state index in [0.717, 1.165) is 57.6 Å². The molecule has 1 unspecified atom stereocenters. The van der Waals surface area contributed by atoms with Crippen molar-refractivity contribution in [1.82, 2.24) is 48.1 Å². The molecular formula is C70H77Cl2F2N15O9S5. The molecule has 3 saturated heterocycles. The first-order chi connectivity index (χ1) is 49.4. The number of thiazole rings is 1. The molecule has 544 valence electrons. The van der Waals surface area contributed by atoms with Gasteiger partial charge < -0.3 is 33.6 Å². The van der Waals surface area contributed by atoms with Gasteiger partial charge in [-0.3, -0.25) is 28.5 Å². The van der Waals surface area contributed by atoms with Crippen LogP contribution in [0, 0.1) is 18.6 Å². The maximum Gasteiger partial charge on any atom is 0.263 e. The van der Waals surface area contributed by atoms with Crippen molar-refractivity contribution in [2.24, 2.45) is 0 Å². The largest absolute Gasteiger partial charge is 0.368 e. The fourth-order valence-electron chi connectivity index (χ4n) is 12.4. The Hall–Kier alpha value is -9.63. The smallest absolute Gasteiger partial charge is 0.263 e. The number of hydrogen-bond acceptors (Lipinski definition) is 18. The molecule has 14 rings (SSSR count). The SMILES string of the molecule is C[C@H](C(=O)N1CCC(c2ccc(S(=O)(=O)Nc3ccncn3)cc2)CC1)n1ccc2cccc(F)c21.Cc1nsc(NS(=O)(=O)c2ccc(N3CCN(C(=O)C(C)n4ccc5cc(F)ccc54)CC3)cc2)n1.O=C(c1ccc(Cl)c(Cl)c1)N1CCN(c2ccc(S(=O)(=O)Nc3nccs3)cc2)CC1.[HH].[HH].[HH].[HH]. The van der Waals surface area contributed by atoms with Gasteiger partial charge in [-0.2, -0.15) is 4.37 Å². The van der Waals surface area contributed by atoms with Crippen molar-refractivity contribution >= 4 is 143 Å². The van der Waals surface area contributed by atoms with E-state index in [4.69, 9.17) is 23.2 Å². The molecule has 0 bridgehead atoms. The number of para-hydroxylation sites is 1. The molecule has 5 aromatic heterocycles. The lowest BCUT2D eigenvalue weighted by atomic mass is 9.89. The summed E-state index contributed by atoms with van der Waals surface area (Å²) in [5.41, 5.74) is 4.59. The van der Waals surface area contributed by atoms with E-state index in [1.165, 1.54) is 54.3 Å². The van der Waals surface area contributed by atoms with E-state index in [0.29, 0.717) is 97.5 Å². The van der Waals surface area contributed by atoms with Gasteiger partial charge in [0.1, 0.15) is 41.7 Å². The van der Waals surface area contributed by atoms with Crippen molar-refractivity contribution < 1.29 is 54.1 Å². The third-order valence-corrected chi connectivity index (χ3v) is 24.5. The summed E-state index contributed by atoms with van der Waals surface area (Å²) in [4.78, 5) is 64.9. The van der Waals surface area contributed by atoms with Crippen LogP contribution in [-0.2, 0) is 39.7 Å². The van der Waals surface area contributed by atoms with Gasteiger partial charge >= 0.3 is 0 Å². The van der Waals surface area contributed by atoms with Crippen LogP contribution in [0.25, 0.3) is 21.8 Å². The van der Waals surface area contributed by atoms with Gasteiger partial charge in [-0.05, 0) is 166 Å². The minimum atomic E-state index is -3.75. The molecule has 3 N–H and O–H groups in total. The second kappa shape index (κ2) is 31.5. The lowest BCUT2D eigenvalue weighted by molar-refractivity contribution is -0.135. The molecule has 3 amide bonds. The van der Waals surface area contributed by atoms with Crippen LogP contribution in [0.4, 0.5) is 36.2 Å². The number of amides is 3. The lowest BCUT2D eigenvalue weighted by Crippen LogP contribution is -2.50. The maximum absolute atomic E-state index is 14.4. The Labute approximate surface area is 617 Å². The summed E-state index contributed by atoms with van der Waals surface area (Å²) in [6, 6.07) is 38.7. The molecule has 103 heavy (non-hydrogen) atoms. The summed E-state index contributed by atoms with van der Waals surface area (Å²) >= 11 is 14.2. The van der Waals surface area contributed by atoms with Crippen molar-refractivity contribution in [2.45, 2.75) is 66.3 Å². The van der Waals surface area contributed by atoms with Crippen LogP contribution in [0.15, 0.2) is 197 Å². The summed E-state index contributed by atoms with van der Waals surface area (Å²) in [7, 11) is -11.2. The Bertz CT molecular complexity index is 5220. The molecule has 3 aliphatic heterocycles. The highest BCUT2D eigenvalue weighted by Gasteiger charge is 2.31. The van der Waals surface area contributed by atoms with Crippen LogP contribution >= 0.6 is 46.1 Å². The highest BCUT2D eigenvalue weighted by Crippen LogP contribution is 2.33. The average Bonchev–Trinajstić information content (AvgIpc) is 1.70. The molecule has 33 heteroatoms. The molecule has 6 aromatic carbocycles. The quantitative estimate of drug-likeness (QED) is 0.0764. The fraction of sp³-hybridized carbons (Fsp3) is 0.257. The van der Waals surface area contributed by atoms with Crippen molar-refractivity contribution in [1.29, 1.82) is 0 Å². The first-order valence-electron chi connectivity index (χ1n) is 32.6. The van der Waals surface area contributed by atoms with E-state index in [-0.39, 0.29) is 66.6 Å². The van der Waals surface area contributed by atoms with Gasteiger partial charge in [-0.25, -0.2) is 54.0 Å². The number of carbonyl (C=O) groups is 3. The van der Waals surface area contributed by atoms with Gasteiger partial charge in [0.2, 0.25) is 16.9 Å². The molecule has 24 nitrogen and oxygen atoms in total. The second-order valence-corrected chi connectivity index (χ2v) is 32.0. The van der Waals surface area contributed by atoms with Crippen molar-refractivity contribution in [2.75, 3.05) is 89.4 Å². The van der Waals surface area contributed by atoms with E-state index < -0.39 is 42.2 Å². The number of aromatic nitrogens is 7. The van der Waals surface area contributed by atoms with E-state index in [1.807, 2.05) is 57.8 Å². The van der Waals surface area contributed by atoms with Gasteiger partial charge in [0, 0.05) is 146 Å². The highest BCUT2D eigenvalue weighted by atomic mass is 35.5. The summed E-state index contributed by atoms with van der Waals surface area (Å²) in [5.74, 6) is 0.182. The maximum atomic E-state index is 14.4. The van der Waals surface area contributed by atoms with E-state index in [9.17, 15) is 48.4 Å². The third kappa shape index (κ3) is 17.2. The van der Waals surface area contributed by atoms with Gasteiger partial charge in [0.05, 0.1) is 30.2 Å². The highest BCUT2D eigenvalue weighted by molar-refractivity contribution is 7.93. The summed E-state index contributed by atoms with van der Waals surface area (Å²) in [6.45, 7) is 11.3. The summed E-state index contributed by atoms with van der Waals surface area (Å²) in [6.07, 6.45) is 9.40. The normalized spacial score (nSPS) is 15.2. The molecule has 0 spiro atoms. The number of anilines is 5. The molecule has 8 heterocycles. The fourth-order valence-corrected chi connectivity index (χ4v) is 17.3. The minimum absolute atomic E-state index is 0. The second-order valence-electron chi connectivity index (χ2n) is 24.5. The average molecular weight is 1540 g/mol. The van der Waals surface area contributed by atoms with E-state index in [2.05, 4.69) is 48.3 Å². The molecule has 0 radical (unpaired) electrons. The molecular weight excluding hydrogens is 1460 g/mol. The van der Waals surface area contributed by atoms with E-state index in [1.54, 1.807) is 126 Å². The van der Waals surface area contributed by atoms with Crippen LogP contribution in [0.3, 0.4) is 0 Å². The van der Waals surface area contributed by atoms with Crippen molar-refractivity contribution in [3.63, 3.8) is 0 Å². The topological polar surface area (TPSA) is 280 Å². The van der Waals surface area contributed by atoms with Crippen LogP contribution in [0.2, 0.25) is 10.0 Å². The Morgan fingerprint density at radius 2 is 1.14 bits per heavy atom. The van der Waals surface area contributed by atoms with E-state index >= 15 is 0 Å². The Morgan fingerprint density at radius 3 is 1.71 bits per heavy atom. The number of likely N-dealkylation sites (tertiary alicyclic amines) is 1. The number of nitrogens with one attached hydrogen (secondary N) is 3. The number of piperidine rings is 1. The predicted octanol–water partition coefficient (Wildman–Crippen LogP) is 13.2. The number of carbonyl (C=O) groups excluding carboxylic acids is 3. The molecule has 2 atom stereocenters. The standard InChI is InChI=1S/C26H26FN5O3S.C24H25FN6O3S2.C20H18Cl2N4O3S2.4H2/c1-18(32-16-12-21-3-2-4-23(27)25(21)32)26(33)31-14-10-20(11-15-31)19-5-7-22(8-6-19)36(34,35)30-24-9-13-28-17-29-24;1-16(31-10-9-18-15-19(25)3-8-22(18)31)23(32)30-13-11-29(12-14-30)20-4-6-21(7-5-20)36(33,34)28-24-26-17(2)27-35-24;21-17-6-1-14(13-18(17)22)19(27)26-10-8-25(9-11-26)15-2-4-16(5-3-15)31(28,29)24-20-23-7-12-30-20;;;;/h2-9,12-13,16-18,20H,10-11,14-15H2,1H3,(H,28,29,30);3-10,15-16H,11-14H2,1-2H3,(H,26,27,28);1-7,12-13H,8-11H2,(H,23,24);4*1H/t18-;;;;;;/m1....../s1. The summed E-state index contributed by atoms with van der Waals surface area (Å²) in [5, 5.41) is 4.55. The lowest BCUT2D eigenvalue weighted by Gasteiger charge is -2.37. The number of hydrogen-bond donors (Lipinski definition) is 3. The zero-order valence-corrected chi connectivity index (χ0v) is 61.2. The first-order valence-corrected chi connectivity index (χ1v) is 39.4. The predicted molar refractivity (Wildman–Crippen MR) is 404 cm³/mol. The number of rotatable bonds is 17. The Balaban J connectivity index is 0.000000199. The number of piperazine rings is 2. The van der Waals surface area contributed by atoms with Crippen molar-refractivity contribution in [3.05, 3.63) is 221 Å². The zero-order valence-electron chi connectivity index (χ0n) is 55.6. The molecule has 11 aromatic rings. The van der Waals surface area contributed by atoms with Gasteiger partial charge in [0.25, 0.3) is 36.0 Å². The van der Waals surface area contributed by atoms with Crippen LogP contribution in [-0.4, -0.2) is 157 Å². The third-order valence-electron chi connectivity index (χ3n) is 18.0. The number of sulfonamides is 3. The van der Waals surface area contributed by atoms with Crippen LogP contribution in [0.5, 0.6) is 0 Å². The molecule has 3 aliphatic rings. The molecule has 0 aliphatic carbocycles. The van der Waals surface area contributed by atoms with Crippen molar-refractivity contribution in [3.8, 4) is 0 Å². The zero-order chi connectivity index (χ0) is 72.7. The number of benzene rings is 6. The number of nitrogens with zero attached hydrogens (tertiary/aromatic N) is 12. The molecule has 0 saturated carbocycles. The number of fused-ring (bicyclic) bond motifs is 2. The number of aryl methyl sites for hydroxylation is 1. The number of halogens is 4. The molecule has 3 fully saturated rings. The Morgan fingerprint density at radius 1 is 0.573 bits per heavy atom.